The lowest BCUT2D eigenvalue weighted by Gasteiger charge is -2.29. The third-order valence-corrected chi connectivity index (χ3v) is 8.15. The summed E-state index contributed by atoms with van der Waals surface area (Å²) in [6, 6.07) is 17.5. The van der Waals surface area contributed by atoms with E-state index in [0.29, 0.717) is 43.2 Å². The molecular weight excluding hydrogens is 522 g/mol. The number of non-ortho nitro benzene ring substituents is 1. The first-order chi connectivity index (χ1) is 18.7. The van der Waals surface area contributed by atoms with Crippen LogP contribution in [-0.2, 0) is 19.6 Å². The van der Waals surface area contributed by atoms with Crippen molar-refractivity contribution in [1.82, 2.24) is 5.43 Å². The molecule has 0 spiro atoms. The molecule has 39 heavy (non-hydrogen) atoms. The van der Waals surface area contributed by atoms with E-state index in [1.54, 1.807) is 42.5 Å². The first-order valence-corrected chi connectivity index (χ1v) is 13.7. The summed E-state index contributed by atoms with van der Waals surface area (Å²) >= 11 is 0. The van der Waals surface area contributed by atoms with Crippen molar-refractivity contribution in [2.24, 2.45) is 5.10 Å². The average molecular weight is 552 g/mol. The van der Waals surface area contributed by atoms with Crippen LogP contribution < -0.4 is 14.6 Å². The van der Waals surface area contributed by atoms with E-state index in [2.05, 4.69) is 10.5 Å². The van der Waals surface area contributed by atoms with Crippen molar-refractivity contribution in [3.63, 3.8) is 0 Å². The van der Waals surface area contributed by atoms with Crippen LogP contribution in [0.5, 0.6) is 0 Å². The minimum atomic E-state index is -4.07. The largest absolute Gasteiger partial charge is 0.378 e. The molecule has 4 rings (SSSR count). The van der Waals surface area contributed by atoms with Crippen LogP contribution in [-0.4, -0.2) is 58.3 Å². The fourth-order valence-electron chi connectivity index (χ4n) is 4.11. The number of sulfonamides is 1. The molecule has 1 amide bonds. The van der Waals surface area contributed by atoms with Crippen molar-refractivity contribution in [1.29, 1.82) is 0 Å². The molecular formula is C27H29N5O6S. The van der Waals surface area contributed by atoms with Crippen LogP contribution in [0.2, 0.25) is 0 Å². The Bertz CT molecular complexity index is 1490. The molecule has 204 valence electrons. The van der Waals surface area contributed by atoms with Crippen LogP contribution in [0, 0.1) is 24.0 Å². The summed E-state index contributed by atoms with van der Waals surface area (Å²) in [7, 11) is -4.07. The van der Waals surface area contributed by atoms with Crippen LogP contribution in [0.3, 0.4) is 0 Å². The Balaban J connectivity index is 1.58. The Hall–Kier alpha value is -4.29. The summed E-state index contributed by atoms with van der Waals surface area (Å²) in [6.45, 7) is 5.50. The van der Waals surface area contributed by atoms with Crippen molar-refractivity contribution >= 4 is 39.2 Å². The number of carbonyl (C=O) groups excluding carboxylic acids is 1. The second-order valence-electron chi connectivity index (χ2n) is 8.99. The van der Waals surface area contributed by atoms with E-state index in [1.165, 1.54) is 30.5 Å². The summed E-state index contributed by atoms with van der Waals surface area (Å²) < 4.78 is 33.4. The third kappa shape index (κ3) is 6.59. The molecule has 1 saturated heterocycles. The van der Waals surface area contributed by atoms with Gasteiger partial charge in [-0.3, -0.25) is 19.2 Å². The number of ether oxygens (including phenoxy) is 1. The highest BCUT2D eigenvalue weighted by atomic mass is 32.2. The third-order valence-electron chi connectivity index (χ3n) is 6.36. The molecule has 11 nitrogen and oxygen atoms in total. The molecule has 0 unspecified atom stereocenters. The Morgan fingerprint density at radius 1 is 1.08 bits per heavy atom. The highest BCUT2D eigenvalue weighted by Crippen LogP contribution is 2.27. The van der Waals surface area contributed by atoms with Gasteiger partial charge >= 0.3 is 0 Å². The maximum absolute atomic E-state index is 13.5. The van der Waals surface area contributed by atoms with Gasteiger partial charge in [-0.05, 0) is 55.3 Å². The molecule has 0 aromatic heterocycles. The molecule has 1 heterocycles. The molecule has 0 radical (unpaired) electrons. The predicted molar refractivity (Wildman–Crippen MR) is 149 cm³/mol. The van der Waals surface area contributed by atoms with Gasteiger partial charge in [0, 0.05) is 36.5 Å². The van der Waals surface area contributed by atoms with Crippen LogP contribution >= 0.6 is 0 Å². The molecule has 1 aliphatic heterocycles. The number of amides is 1. The van der Waals surface area contributed by atoms with Gasteiger partial charge in [-0.25, -0.2) is 13.8 Å². The van der Waals surface area contributed by atoms with E-state index in [0.717, 1.165) is 15.4 Å². The van der Waals surface area contributed by atoms with Gasteiger partial charge in [-0.2, -0.15) is 5.10 Å². The number of hydrazone groups is 1. The zero-order valence-corrected chi connectivity index (χ0v) is 22.4. The van der Waals surface area contributed by atoms with Crippen molar-refractivity contribution in [2.75, 3.05) is 42.1 Å². The molecule has 1 aliphatic rings. The summed E-state index contributed by atoms with van der Waals surface area (Å²) in [5, 5.41) is 15.3. The summed E-state index contributed by atoms with van der Waals surface area (Å²) in [5.41, 5.74) is 5.61. The number of aryl methyl sites for hydroxylation is 2. The number of nitrogens with one attached hydrogen (secondary N) is 1. The van der Waals surface area contributed by atoms with Gasteiger partial charge in [0.05, 0.1) is 34.9 Å². The van der Waals surface area contributed by atoms with Crippen molar-refractivity contribution in [3.05, 3.63) is 93.5 Å². The minimum absolute atomic E-state index is 0.0475. The summed E-state index contributed by atoms with van der Waals surface area (Å²) in [5.74, 6) is -0.678. The molecule has 1 N–H and O–H groups in total. The number of benzene rings is 3. The Morgan fingerprint density at radius 3 is 2.46 bits per heavy atom. The second-order valence-corrected chi connectivity index (χ2v) is 10.8. The number of nitrogens with zero attached hydrogens (tertiary/aromatic N) is 4. The molecule has 0 bridgehead atoms. The summed E-state index contributed by atoms with van der Waals surface area (Å²) in [6.07, 6.45) is 1.32. The lowest BCUT2D eigenvalue weighted by molar-refractivity contribution is -0.384. The SMILES string of the molecule is Cc1ccc(N(CC(=O)N/N=C\c2cc([N+](=O)[O-])ccc2N2CCOCC2)S(=O)(=O)c2ccccc2)cc1C. The number of hydrogen-bond donors (Lipinski definition) is 1. The fraction of sp³-hybridized carbons (Fsp3) is 0.259. The molecule has 1 fully saturated rings. The van der Waals surface area contributed by atoms with Crippen LogP contribution in [0.1, 0.15) is 16.7 Å². The maximum Gasteiger partial charge on any atom is 0.270 e. The van der Waals surface area contributed by atoms with E-state index < -0.39 is 27.4 Å². The monoisotopic (exact) mass is 551 g/mol. The minimum Gasteiger partial charge on any atom is -0.378 e. The van der Waals surface area contributed by atoms with Gasteiger partial charge < -0.3 is 9.64 Å². The zero-order chi connectivity index (χ0) is 28.0. The number of morpholine rings is 1. The zero-order valence-electron chi connectivity index (χ0n) is 21.6. The molecule has 0 atom stereocenters. The normalized spacial score (nSPS) is 13.8. The molecule has 3 aromatic rings. The first-order valence-electron chi connectivity index (χ1n) is 12.2. The van der Waals surface area contributed by atoms with Crippen molar-refractivity contribution in [3.8, 4) is 0 Å². The van der Waals surface area contributed by atoms with Gasteiger partial charge in [0.15, 0.2) is 0 Å². The highest BCUT2D eigenvalue weighted by Gasteiger charge is 2.27. The quantitative estimate of drug-likeness (QED) is 0.245. The van der Waals surface area contributed by atoms with E-state index in [1.807, 2.05) is 18.7 Å². The van der Waals surface area contributed by atoms with Crippen molar-refractivity contribution in [2.45, 2.75) is 18.7 Å². The number of rotatable bonds is 9. The van der Waals surface area contributed by atoms with E-state index >= 15 is 0 Å². The number of anilines is 2. The van der Waals surface area contributed by atoms with Crippen LogP contribution in [0.4, 0.5) is 17.1 Å². The lowest BCUT2D eigenvalue weighted by atomic mass is 10.1. The second kappa shape index (κ2) is 12.0. The Labute approximate surface area is 226 Å². The average Bonchev–Trinajstić information content (AvgIpc) is 2.94. The van der Waals surface area contributed by atoms with Gasteiger partial charge in [0.1, 0.15) is 6.54 Å². The number of nitro groups is 1. The molecule has 0 saturated carbocycles. The number of nitro benzene ring substituents is 1. The van der Waals surface area contributed by atoms with Gasteiger partial charge in [0.2, 0.25) is 0 Å². The number of carbonyl (C=O) groups is 1. The molecule has 3 aromatic carbocycles. The molecule has 0 aliphatic carbocycles. The fourth-order valence-corrected chi connectivity index (χ4v) is 5.54. The first kappa shape index (κ1) is 27.7. The van der Waals surface area contributed by atoms with Gasteiger partial charge in [-0.1, -0.05) is 24.3 Å². The van der Waals surface area contributed by atoms with Crippen LogP contribution in [0.25, 0.3) is 0 Å². The van der Waals surface area contributed by atoms with E-state index in [4.69, 9.17) is 4.74 Å². The Morgan fingerprint density at radius 2 is 1.79 bits per heavy atom. The molecule has 12 heteroatoms. The Kier molecular flexibility index (Phi) is 8.57. The van der Waals surface area contributed by atoms with Crippen molar-refractivity contribution < 1.29 is 22.9 Å². The number of hydrogen-bond acceptors (Lipinski definition) is 8. The predicted octanol–water partition coefficient (Wildman–Crippen LogP) is 3.39. The maximum atomic E-state index is 13.5. The van der Waals surface area contributed by atoms with E-state index in [9.17, 15) is 23.3 Å². The van der Waals surface area contributed by atoms with Gasteiger partial charge in [-0.15, -0.1) is 0 Å². The smallest absolute Gasteiger partial charge is 0.270 e. The topological polar surface area (TPSA) is 134 Å². The highest BCUT2D eigenvalue weighted by molar-refractivity contribution is 7.92. The standard InChI is InChI=1S/C27H29N5O6S/c1-20-8-9-23(16-21(20)2)31(39(36,37)25-6-4-3-5-7-25)19-27(33)29-28-18-22-17-24(32(34)35)10-11-26(22)30-12-14-38-15-13-30/h3-11,16-18H,12-15,19H2,1-2H3,(H,29,33)/b28-18-. The van der Waals surface area contributed by atoms with Crippen LogP contribution in [0.15, 0.2) is 76.7 Å². The van der Waals surface area contributed by atoms with Gasteiger partial charge in [0.25, 0.3) is 21.6 Å². The van der Waals surface area contributed by atoms with E-state index in [-0.39, 0.29) is 10.6 Å². The lowest BCUT2D eigenvalue weighted by Crippen LogP contribution is -2.39. The summed E-state index contributed by atoms with van der Waals surface area (Å²) in [4.78, 5) is 25.8.